The fourth-order valence-electron chi connectivity index (χ4n) is 1.14. The summed E-state index contributed by atoms with van der Waals surface area (Å²) in [6, 6.07) is -0.458. The van der Waals surface area contributed by atoms with Crippen LogP contribution in [0.15, 0.2) is 12.7 Å². The van der Waals surface area contributed by atoms with Gasteiger partial charge in [0.2, 0.25) is 0 Å². The Labute approximate surface area is 77.0 Å². The molecule has 0 radical (unpaired) electrons. The third-order valence-electron chi connectivity index (χ3n) is 1.85. The molecule has 0 aromatic carbocycles. The summed E-state index contributed by atoms with van der Waals surface area (Å²) < 4.78 is 35.8. The van der Waals surface area contributed by atoms with E-state index in [1.165, 1.54) is 0 Å². The van der Waals surface area contributed by atoms with Gasteiger partial charge in [0.1, 0.15) is 0 Å². The maximum absolute atomic E-state index is 11.9. The van der Waals surface area contributed by atoms with Gasteiger partial charge in [-0.3, -0.25) is 0 Å². The highest BCUT2D eigenvalue weighted by atomic mass is 19.4. The Balaban J connectivity index is 3.69. The van der Waals surface area contributed by atoms with Gasteiger partial charge in [0.15, 0.2) is 0 Å². The third-order valence-corrected chi connectivity index (χ3v) is 1.85. The number of nitrogens with one attached hydrogen (secondary N) is 1. The van der Waals surface area contributed by atoms with Crippen LogP contribution in [0.5, 0.6) is 0 Å². The number of alkyl halides is 3. The molecule has 13 heavy (non-hydrogen) atoms. The predicted molar refractivity (Wildman–Crippen MR) is 47.6 cm³/mol. The fourth-order valence-corrected chi connectivity index (χ4v) is 1.14. The SMILES string of the molecule is C=CCCCC(CC(F)(F)F)NC. The van der Waals surface area contributed by atoms with Gasteiger partial charge in [0, 0.05) is 6.04 Å². The van der Waals surface area contributed by atoms with Crippen LogP contribution in [0.25, 0.3) is 0 Å². The van der Waals surface area contributed by atoms with Crippen LogP contribution in [0, 0.1) is 0 Å². The van der Waals surface area contributed by atoms with E-state index in [1.54, 1.807) is 13.1 Å². The Bertz CT molecular complexity index is 142. The molecule has 0 aliphatic carbocycles. The van der Waals surface area contributed by atoms with E-state index >= 15 is 0 Å². The number of hydrogen-bond acceptors (Lipinski definition) is 1. The third kappa shape index (κ3) is 7.84. The highest BCUT2D eigenvalue weighted by molar-refractivity contribution is 4.72. The Morgan fingerprint density at radius 3 is 2.46 bits per heavy atom. The van der Waals surface area contributed by atoms with Gasteiger partial charge in [-0.1, -0.05) is 6.08 Å². The summed E-state index contributed by atoms with van der Waals surface area (Å²) in [4.78, 5) is 0. The second-order valence-electron chi connectivity index (χ2n) is 3.02. The van der Waals surface area contributed by atoms with Gasteiger partial charge in [-0.15, -0.1) is 6.58 Å². The summed E-state index contributed by atoms with van der Waals surface area (Å²) in [5, 5.41) is 2.66. The first kappa shape index (κ1) is 12.5. The van der Waals surface area contributed by atoms with Gasteiger partial charge in [-0.25, -0.2) is 0 Å². The van der Waals surface area contributed by atoms with E-state index in [9.17, 15) is 13.2 Å². The zero-order valence-electron chi connectivity index (χ0n) is 7.82. The average Bonchev–Trinajstić information content (AvgIpc) is 2.01. The fraction of sp³-hybridized carbons (Fsp3) is 0.778. The predicted octanol–water partition coefficient (Wildman–Crippen LogP) is 2.88. The molecule has 0 fully saturated rings. The Morgan fingerprint density at radius 1 is 1.46 bits per heavy atom. The topological polar surface area (TPSA) is 12.0 Å². The van der Waals surface area contributed by atoms with Crippen molar-refractivity contribution in [3.63, 3.8) is 0 Å². The minimum Gasteiger partial charge on any atom is -0.317 e. The summed E-state index contributed by atoms with van der Waals surface area (Å²) in [6.45, 7) is 3.52. The first-order chi connectivity index (χ1) is 5.99. The van der Waals surface area contributed by atoms with Crippen molar-refractivity contribution in [2.75, 3.05) is 7.05 Å². The molecule has 4 heteroatoms. The van der Waals surface area contributed by atoms with Crippen molar-refractivity contribution in [1.82, 2.24) is 5.32 Å². The molecule has 0 heterocycles. The van der Waals surface area contributed by atoms with E-state index in [-0.39, 0.29) is 0 Å². The summed E-state index contributed by atoms with van der Waals surface area (Å²) in [7, 11) is 1.56. The molecule has 1 unspecified atom stereocenters. The molecule has 78 valence electrons. The quantitative estimate of drug-likeness (QED) is 0.507. The first-order valence-corrected chi connectivity index (χ1v) is 4.34. The lowest BCUT2D eigenvalue weighted by Gasteiger charge is -2.17. The monoisotopic (exact) mass is 195 g/mol. The second-order valence-corrected chi connectivity index (χ2v) is 3.02. The van der Waals surface area contributed by atoms with Gasteiger partial charge >= 0.3 is 6.18 Å². The molecule has 0 saturated heterocycles. The van der Waals surface area contributed by atoms with Crippen molar-refractivity contribution >= 4 is 0 Å². The lowest BCUT2D eigenvalue weighted by Crippen LogP contribution is -2.30. The molecule has 0 aromatic heterocycles. The van der Waals surface area contributed by atoms with Crippen molar-refractivity contribution in [2.24, 2.45) is 0 Å². The van der Waals surface area contributed by atoms with Gasteiger partial charge in [-0.05, 0) is 26.3 Å². The first-order valence-electron chi connectivity index (χ1n) is 4.34. The molecule has 0 rings (SSSR count). The molecule has 0 bridgehead atoms. The number of hydrogen-bond donors (Lipinski definition) is 1. The smallest absolute Gasteiger partial charge is 0.317 e. The van der Waals surface area contributed by atoms with E-state index in [0.29, 0.717) is 6.42 Å². The minimum absolute atomic E-state index is 0.458. The Kier molecular flexibility index (Phi) is 5.79. The van der Waals surface area contributed by atoms with Crippen LogP contribution in [0.4, 0.5) is 13.2 Å². The number of halogens is 3. The molecule has 0 aromatic rings. The summed E-state index contributed by atoms with van der Waals surface area (Å²) >= 11 is 0. The molecule has 0 aliphatic rings. The van der Waals surface area contributed by atoms with Crippen LogP contribution in [0.1, 0.15) is 25.7 Å². The van der Waals surface area contributed by atoms with Crippen LogP contribution < -0.4 is 5.32 Å². The number of allylic oxidation sites excluding steroid dienone is 1. The summed E-state index contributed by atoms with van der Waals surface area (Å²) in [5.74, 6) is 0. The molecular weight excluding hydrogens is 179 g/mol. The van der Waals surface area contributed by atoms with E-state index in [2.05, 4.69) is 11.9 Å². The van der Waals surface area contributed by atoms with Crippen molar-refractivity contribution in [1.29, 1.82) is 0 Å². The molecule has 0 amide bonds. The van der Waals surface area contributed by atoms with Crippen LogP contribution in [-0.4, -0.2) is 19.3 Å². The van der Waals surface area contributed by atoms with E-state index < -0.39 is 18.6 Å². The van der Waals surface area contributed by atoms with Crippen LogP contribution in [0.2, 0.25) is 0 Å². The highest BCUT2D eigenvalue weighted by Crippen LogP contribution is 2.23. The lowest BCUT2D eigenvalue weighted by atomic mass is 10.1. The average molecular weight is 195 g/mol. The van der Waals surface area contributed by atoms with Crippen molar-refractivity contribution < 1.29 is 13.2 Å². The van der Waals surface area contributed by atoms with Gasteiger partial charge in [-0.2, -0.15) is 13.2 Å². The maximum Gasteiger partial charge on any atom is 0.390 e. The summed E-state index contributed by atoms with van der Waals surface area (Å²) in [6.07, 6.45) is -1.02. The van der Waals surface area contributed by atoms with Gasteiger partial charge in [0.25, 0.3) is 0 Å². The molecular formula is C9H16F3N. The van der Waals surface area contributed by atoms with Crippen LogP contribution in [-0.2, 0) is 0 Å². The number of rotatable bonds is 6. The molecule has 1 N–H and O–H groups in total. The number of unbranched alkanes of at least 4 members (excludes halogenated alkanes) is 1. The maximum atomic E-state index is 11.9. The standard InChI is InChI=1S/C9H16F3N/c1-3-4-5-6-8(13-2)7-9(10,11)12/h3,8,13H,1,4-7H2,2H3. The van der Waals surface area contributed by atoms with E-state index in [0.717, 1.165) is 12.8 Å². The minimum atomic E-state index is -4.07. The van der Waals surface area contributed by atoms with E-state index in [1.807, 2.05) is 0 Å². The molecule has 1 nitrogen and oxygen atoms in total. The molecule has 1 atom stereocenters. The largest absolute Gasteiger partial charge is 0.390 e. The lowest BCUT2D eigenvalue weighted by molar-refractivity contribution is -0.140. The Morgan fingerprint density at radius 2 is 2.08 bits per heavy atom. The van der Waals surface area contributed by atoms with Crippen LogP contribution in [0.3, 0.4) is 0 Å². The van der Waals surface area contributed by atoms with Crippen molar-refractivity contribution in [2.45, 2.75) is 37.9 Å². The highest BCUT2D eigenvalue weighted by Gasteiger charge is 2.30. The van der Waals surface area contributed by atoms with Crippen molar-refractivity contribution in [3.8, 4) is 0 Å². The van der Waals surface area contributed by atoms with E-state index in [4.69, 9.17) is 0 Å². The molecule has 0 aliphatic heterocycles. The second kappa shape index (κ2) is 6.02. The molecule has 0 saturated carbocycles. The zero-order chi connectivity index (χ0) is 10.3. The van der Waals surface area contributed by atoms with Crippen molar-refractivity contribution in [3.05, 3.63) is 12.7 Å². The van der Waals surface area contributed by atoms with Gasteiger partial charge in [0.05, 0.1) is 6.42 Å². The zero-order valence-corrected chi connectivity index (χ0v) is 7.82. The van der Waals surface area contributed by atoms with Crippen LogP contribution >= 0.6 is 0 Å². The van der Waals surface area contributed by atoms with Gasteiger partial charge < -0.3 is 5.32 Å². The molecule has 0 spiro atoms. The Hall–Kier alpha value is -0.510. The normalized spacial score (nSPS) is 14.2. The summed E-state index contributed by atoms with van der Waals surface area (Å²) in [5.41, 5.74) is 0.